The summed E-state index contributed by atoms with van der Waals surface area (Å²) < 4.78 is 10.2. The lowest BCUT2D eigenvalue weighted by molar-refractivity contribution is 0.396. The van der Waals surface area contributed by atoms with Gasteiger partial charge in [0, 0.05) is 37.5 Å². The molecule has 8 heteroatoms. The molecule has 1 atom stereocenters. The SMILES string of the molecule is COc1cc(N2CCC(Nc3nccc(OC)n3)C2)ncn1. The van der Waals surface area contributed by atoms with Gasteiger partial charge in [-0.3, -0.25) is 0 Å². The summed E-state index contributed by atoms with van der Waals surface area (Å²) in [6.45, 7) is 1.72. The number of nitrogens with one attached hydrogen (secondary N) is 1. The van der Waals surface area contributed by atoms with Crippen molar-refractivity contribution in [3.05, 3.63) is 24.7 Å². The highest BCUT2D eigenvalue weighted by molar-refractivity contribution is 5.43. The molecule has 1 aliphatic heterocycles. The zero-order valence-electron chi connectivity index (χ0n) is 12.6. The third kappa shape index (κ3) is 3.16. The van der Waals surface area contributed by atoms with Crippen molar-refractivity contribution in [2.75, 3.05) is 37.5 Å². The molecule has 0 bridgehead atoms. The Balaban J connectivity index is 1.64. The van der Waals surface area contributed by atoms with E-state index in [0.717, 1.165) is 25.3 Å². The number of hydrogen-bond acceptors (Lipinski definition) is 8. The maximum Gasteiger partial charge on any atom is 0.226 e. The minimum atomic E-state index is 0.257. The van der Waals surface area contributed by atoms with E-state index in [4.69, 9.17) is 9.47 Å². The molecule has 8 nitrogen and oxygen atoms in total. The Kier molecular flexibility index (Phi) is 4.17. The Morgan fingerprint density at radius 1 is 1.18 bits per heavy atom. The summed E-state index contributed by atoms with van der Waals surface area (Å²) in [6.07, 6.45) is 4.17. The molecule has 0 radical (unpaired) electrons. The van der Waals surface area contributed by atoms with E-state index < -0.39 is 0 Å². The number of ether oxygens (including phenoxy) is 2. The summed E-state index contributed by atoms with van der Waals surface area (Å²) in [5.74, 6) is 2.56. The van der Waals surface area contributed by atoms with Gasteiger partial charge < -0.3 is 19.7 Å². The van der Waals surface area contributed by atoms with Gasteiger partial charge in [0.25, 0.3) is 0 Å². The second-order valence-electron chi connectivity index (χ2n) is 4.92. The normalized spacial score (nSPS) is 17.4. The van der Waals surface area contributed by atoms with Crippen molar-refractivity contribution in [3.8, 4) is 11.8 Å². The van der Waals surface area contributed by atoms with E-state index >= 15 is 0 Å². The Morgan fingerprint density at radius 3 is 2.86 bits per heavy atom. The van der Waals surface area contributed by atoms with Crippen LogP contribution in [-0.4, -0.2) is 53.3 Å². The van der Waals surface area contributed by atoms with Gasteiger partial charge in [-0.2, -0.15) is 4.98 Å². The lowest BCUT2D eigenvalue weighted by Gasteiger charge is -2.18. The van der Waals surface area contributed by atoms with Crippen molar-refractivity contribution in [2.45, 2.75) is 12.5 Å². The molecule has 22 heavy (non-hydrogen) atoms. The van der Waals surface area contributed by atoms with E-state index in [1.54, 1.807) is 26.5 Å². The molecule has 1 fully saturated rings. The first-order chi connectivity index (χ1) is 10.8. The van der Waals surface area contributed by atoms with Crippen LogP contribution in [-0.2, 0) is 0 Å². The summed E-state index contributed by atoms with van der Waals surface area (Å²) in [5.41, 5.74) is 0. The topological polar surface area (TPSA) is 85.3 Å². The molecule has 0 saturated carbocycles. The van der Waals surface area contributed by atoms with Gasteiger partial charge in [-0.15, -0.1) is 0 Å². The smallest absolute Gasteiger partial charge is 0.226 e. The fourth-order valence-electron chi connectivity index (χ4n) is 2.41. The van der Waals surface area contributed by atoms with Crippen molar-refractivity contribution in [1.29, 1.82) is 0 Å². The van der Waals surface area contributed by atoms with Crippen LogP contribution in [0, 0.1) is 0 Å². The molecule has 3 heterocycles. The fraction of sp³-hybridized carbons (Fsp3) is 0.429. The molecule has 0 spiro atoms. The Hall–Kier alpha value is -2.64. The summed E-state index contributed by atoms with van der Waals surface area (Å²) in [7, 11) is 3.19. The minimum absolute atomic E-state index is 0.257. The number of anilines is 2. The molecule has 1 aliphatic rings. The van der Waals surface area contributed by atoms with Gasteiger partial charge in [-0.1, -0.05) is 0 Å². The predicted octanol–water partition coefficient (Wildman–Crippen LogP) is 0.975. The van der Waals surface area contributed by atoms with Gasteiger partial charge >= 0.3 is 0 Å². The highest BCUT2D eigenvalue weighted by Gasteiger charge is 2.24. The first-order valence-corrected chi connectivity index (χ1v) is 7.03. The van der Waals surface area contributed by atoms with E-state index in [0.29, 0.717) is 17.7 Å². The Labute approximate surface area is 128 Å². The van der Waals surface area contributed by atoms with Crippen LogP contribution >= 0.6 is 0 Å². The quantitative estimate of drug-likeness (QED) is 0.874. The van der Waals surface area contributed by atoms with Crippen molar-refractivity contribution >= 4 is 11.8 Å². The van der Waals surface area contributed by atoms with Crippen LogP contribution < -0.4 is 19.7 Å². The second kappa shape index (κ2) is 6.42. The molecule has 1 saturated heterocycles. The van der Waals surface area contributed by atoms with Crippen LogP contribution in [0.1, 0.15) is 6.42 Å². The number of hydrogen-bond donors (Lipinski definition) is 1. The molecule has 0 aromatic carbocycles. The summed E-state index contributed by atoms with van der Waals surface area (Å²) in [4.78, 5) is 19.0. The second-order valence-corrected chi connectivity index (χ2v) is 4.92. The standard InChI is InChI=1S/C14H18N6O2/c1-21-12-3-5-15-14(19-12)18-10-4-6-20(8-10)11-7-13(22-2)17-9-16-11/h3,5,7,9-10H,4,6,8H2,1-2H3,(H,15,18,19). The molecule has 1 unspecified atom stereocenters. The lowest BCUT2D eigenvalue weighted by Crippen LogP contribution is -2.27. The van der Waals surface area contributed by atoms with E-state index in [9.17, 15) is 0 Å². The van der Waals surface area contributed by atoms with Crippen LogP contribution in [0.15, 0.2) is 24.7 Å². The maximum absolute atomic E-state index is 5.14. The number of nitrogens with zero attached hydrogens (tertiary/aromatic N) is 5. The van der Waals surface area contributed by atoms with E-state index in [-0.39, 0.29) is 6.04 Å². The molecule has 3 rings (SSSR count). The Bertz CT molecular complexity index is 638. The van der Waals surface area contributed by atoms with E-state index in [1.807, 2.05) is 6.07 Å². The first-order valence-electron chi connectivity index (χ1n) is 7.03. The third-order valence-corrected chi connectivity index (χ3v) is 3.52. The molecular weight excluding hydrogens is 284 g/mol. The van der Waals surface area contributed by atoms with Crippen molar-refractivity contribution in [1.82, 2.24) is 19.9 Å². The predicted molar refractivity (Wildman–Crippen MR) is 81.4 cm³/mol. The van der Waals surface area contributed by atoms with Gasteiger partial charge in [0.2, 0.25) is 17.7 Å². The first kappa shape index (κ1) is 14.3. The molecule has 0 aliphatic carbocycles. The highest BCUT2D eigenvalue weighted by Crippen LogP contribution is 2.22. The zero-order valence-corrected chi connectivity index (χ0v) is 12.6. The van der Waals surface area contributed by atoms with Gasteiger partial charge in [-0.25, -0.2) is 15.0 Å². The minimum Gasteiger partial charge on any atom is -0.481 e. The average Bonchev–Trinajstić information content (AvgIpc) is 3.03. The number of aromatic nitrogens is 4. The van der Waals surface area contributed by atoms with E-state index in [2.05, 4.69) is 30.2 Å². The lowest BCUT2D eigenvalue weighted by atomic mass is 10.3. The van der Waals surface area contributed by atoms with Gasteiger partial charge in [0.05, 0.1) is 14.2 Å². The largest absolute Gasteiger partial charge is 0.481 e. The molecule has 1 N–H and O–H groups in total. The molecule has 2 aromatic heterocycles. The maximum atomic E-state index is 5.14. The fourth-order valence-corrected chi connectivity index (χ4v) is 2.41. The zero-order chi connectivity index (χ0) is 15.4. The van der Waals surface area contributed by atoms with Gasteiger partial charge in [0.15, 0.2) is 0 Å². The van der Waals surface area contributed by atoms with Crippen LogP contribution in [0.4, 0.5) is 11.8 Å². The molecule has 0 amide bonds. The van der Waals surface area contributed by atoms with Crippen LogP contribution in [0.25, 0.3) is 0 Å². The summed E-state index contributed by atoms with van der Waals surface area (Å²) in [6, 6.07) is 3.82. The third-order valence-electron chi connectivity index (χ3n) is 3.52. The number of methoxy groups -OCH3 is 2. The van der Waals surface area contributed by atoms with Gasteiger partial charge in [0.1, 0.15) is 12.1 Å². The van der Waals surface area contributed by atoms with Crippen LogP contribution in [0.5, 0.6) is 11.8 Å². The average molecular weight is 302 g/mol. The molecule has 116 valence electrons. The van der Waals surface area contributed by atoms with E-state index in [1.165, 1.54) is 6.33 Å². The number of rotatable bonds is 5. The summed E-state index contributed by atoms with van der Waals surface area (Å²) >= 11 is 0. The van der Waals surface area contributed by atoms with Crippen LogP contribution in [0.2, 0.25) is 0 Å². The van der Waals surface area contributed by atoms with Crippen LogP contribution in [0.3, 0.4) is 0 Å². The van der Waals surface area contributed by atoms with Crippen molar-refractivity contribution < 1.29 is 9.47 Å². The summed E-state index contributed by atoms with van der Waals surface area (Å²) in [5, 5.41) is 3.33. The monoisotopic (exact) mass is 302 g/mol. The Morgan fingerprint density at radius 2 is 2.05 bits per heavy atom. The van der Waals surface area contributed by atoms with Crippen molar-refractivity contribution in [3.63, 3.8) is 0 Å². The van der Waals surface area contributed by atoms with Crippen molar-refractivity contribution in [2.24, 2.45) is 0 Å². The van der Waals surface area contributed by atoms with Gasteiger partial charge in [-0.05, 0) is 6.42 Å². The molecule has 2 aromatic rings. The molecular formula is C14H18N6O2. The highest BCUT2D eigenvalue weighted by atomic mass is 16.5.